The molecule has 1 aromatic rings. The highest BCUT2D eigenvalue weighted by molar-refractivity contribution is 9.10. The second-order valence-electron chi connectivity index (χ2n) is 4.31. The minimum absolute atomic E-state index is 0.557. The lowest BCUT2D eigenvalue weighted by molar-refractivity contribution is 0.0169. The van der Waals surface area contributed by atoms with Crippen molar-refractivity contribution in [3.05, 3.63) is 34.3 Å². The molecule has 1 saturated heterocycles. The Morgan fingerprint density at radius 3 is 3.00 bits per heavy atom. The number of piperidine rings is 1. The van der Waals surface area contributed by atoms with E-state index in [1.165, 1.54) is 5.56 Å². The van der Waals surface area contributed by atoms with E-state index < -0.39 is 5.60 Å². The van der Waals surface area contributed by atoms with Crippen LogP contribution in [0.4, 0.5) is 0 Å². The van der Waals surface area contributed by atoms with Crippen molar-refractivity contribution in [2.45, 2.75) is 24.9 Å². The lowest BCUT2D eigenvalue weighted by Gasteiger charge is -2.32. The summed E-state index contributed by atoms with van der Waals surface area (Å²) in [6.45, 7) is 1.74. The maximum atomic E-state index is 10.3. The van der Waals surface area contributed by atoms with E-state index in [0.29, 0.717) is 6.54 Å². The van der Waals surface area contributed by atoms with Crippen LogP contribution in [0.5, 0.6) is 0 Å². The Morgan fingerprint density at radius 1 is 1.47 bits per heavy atom. The number of hydrogen-bond donors (Lipinski definition) is 2. The molecule has 0 aromatic heterocycles. The van der Waals surface area contributed by atoms with Crippen molar-refractivity contribution >= 4 is 15.9 Å². The van der Waals surface area contributed by atoms with Crippen LogP contribution < -0.4 is 5.32 Å². The van der Waals surface area contributed by atoms with Gasteiger partial charge in [-0.25, -0.2) is 0 Å². The van der Waals surface area contributed by atoms with E-state index in [-0.39, 0.29) is 0 Å². The second kappa shape index (κ2) is 4.64. The Labute approximate surface area is 98.8 Å². The van der Waals surface area contributed by atoms with Crippen LogP contribution in [0, 0.1) is 0 Å². The Bertz CT molecular complexity index is 334. The van der Waals surface area contributed by atoms with E-state index in [1.807, 2.05) is 12.1 Å². The zero-order chi connectivity index (χ0) is 10.7. The second-order valence-corrected chi connectivity index (χ2v) is 5.23. The molecule has 0 spiro atoms. The molecule has 0 saturated carbocycles. The molecule has 0 bridgehead atoms. The lowest BCUT2D eigenvalue weighted by atomic mass is 9.88. The average molecular weight is 270 g/mol. The normalized spacial score (nSPS) is 26.5. The van der Waals surface area contributed by atoms with Crippen LogP contribution in [0.2, 0.25) is 0 Å². The summed E-state index contributed by atoms with van der Waals surface area (Å²) < 4.78 is 1.08. The summed E-state index contributed by atoms with van der Waals surface area (Å²) in [5.41, 5.74) is 0.634. The lowest BCUT2D eigenvalue weighted by Crippen LogP contribution is -2.47. The molecular formula is C12H16BrNO. The molecule has 2 nitrogen and oxygen atoms in total. The summed E-state index contributed by atoms with van der Waals surface area (Å²) in [7, 11) is 0. The van der Waals surface area contributed by atoms with Gasteiger partial charge in [0.15, 0.2) is 0 Å². The van der Waals surface area contributed by atoms with Crippen LogP contribution in [0.25, 0.3) is 0 Å². The van der Waals surface area contributed by atoms with Crippen LogP contribution in [-0.4, -0.2) is 23.8 Å². The third kappa shape index (κ3) is 3.03. The first kappa shape index (κ1) is 11.1. The van der Waals surface area contributed by atoms with Gasteiger partial charge >= 0.3 is 0 Å². The fraction of sp³-hybridized carbons (Fsp3) is 0.500. The molecule has 0 amide bonds. The molecule has 1 aliphatic heterocycles. The number of nitrogens with one attached hydrogen (secondary N) is 1. The number of halogens is 1. The number of β-amino-alcohol motifs (C(OH)–C–C–N with tert-alkyl or cyclic N) is 1. The maximum absolute atomic E-state index is 10.3. The van der Waals surface area contributed by atoms with Crippen molar-refractivity contribution in [1.82, 2.24) is 5.32 Å². The van der Waals surface area contributed by atoms with E-state index in [4.69, 9.17) is 0 Å². The topological polar surface area (TPSA) is 32.3 Å². The average Bonchev–Trinajstić information content (AvgIpc) is 2.18. The summed E-state index contributed by atoms with van der Waals surface area (Å²) in [4.78, 5) is 0. The highest BCUT2D eigenvalue weighted by Gasteiger charge is 2.29. The fourth-order valence-electron chi connectivity index (χ4n) is 2.13. The molecule has 2 N–H and O–H groups in total. The van der Waals surface area contributed by atoms with E-state index in [1.54, 1.807) is 0 Å². The maximum Gasteiger partial charge on any atom is 0.0812 e. The smallest absolute Gasteiger partial charge is 0.0812 e. The van der Waals surface area contributed by atoms with Crippen LogP contribution in [-0.2, 0) is 6.42 Å². The molecule has 15 heavy (non-hydrogen) atoms. The third-order valence-electron chi connectivity index (χ3n) is 2.87. The Morgan fingerprint density at radius 2 is 2.33 bits per heavy atom. The van der Waals surface area contributed by atoms with Crippen molar-refractivity contribution < 1.29 is 5.11 Å². The molecule has 1 fully saturated rings. The first-order valence-corrected chi connectivity index (χ1v) is 6.15. The van der Waals surface area contributed by atoms with Gasteiger partial charge in [-0.3, -0.25) is 0 Å². The van der Waals surface area contributed by atoms with Gasteiger partial charge in [0.25, 0.3) is 0 Å². The quantitative estimate of drug-likeness (QED) is 0.862. The van der Waals surface area contributed by atoms with Gasteiger partial charge in [0.2, 0.25) is 0 Å². The van der Waals surface area contributed by atoms with Gasteiger partial charge in [-0.05, 0) is 37.1 Å². The Balaban J connectivity index is 2.06. The summed E-state index contributed by atoms with van der Waals surface area (Å²) >= 11 is 3.45. The first-order valence-electron chi connectivity index (χ1n) is 5.36. The predicted octanol–water partition coefficient (Wildman–Crippen LogP) is 2.11. The van der Waals surface area contributed by atoms with Crippen molar-refractivity contribution in [3.63, 3.8) is 0 Å². The van der Waals surface area contributed by atoms with E-state index in [0.717, 1.165) is 30.3 Å². The molecule has 3 heteroatoms. The molecule has 0 radical (unpaired) electrons. The minimum atomic E-state index is -0.557. The Hall–Kier alpha value is -0.380. The van der Waals surface area contributed by atoms with E-state index in [9.17, 15) is 5.11 Å². The van der Waals surface area contributed by atoms with Crippen molar-refractivity contribution in [2.24, 2.45) is 0 Å². The summed E-state index contributed by atoms with van der Waals surface area (Å²) in [5, 5.41) is 13.6. The molecule has 1 aliphatic rings. The molecule has 1 heterocycles. The van der Waals surface area contributed by atoms with Crippen LogP contribution in [0.1, 0.15) is 18.4 Å². The van der Waals surface area contributed by atoms with Gasteiger partial charge in [-0.1, -0.05) is 28.1 Å². The Kier molecular flexibility index (Phi) is 3.44. The zero-order valence-corrected chi connectivity index (χ0v) is 10.3. The molecule has 1 atom stereocenters. The summed E-state index contributed by atoms with van der Waals surface area (Å²) in [5.74, 6) is 0. The predicted molar refractivity (Wildman–Crippen MR) is 64.9 cm³/mol. The number of hydrogen-bond acceptors (Lipinski definition) is 2. The van der Waals surface area contributed by atoms with Gasteiger partial charge in [-0.2, -0.15) is 0 Å². The first-order chi connectivity index (χ1) is 7.18. The van der Waals surface area contributed by atoms with Crippen LogP contribution in [0.3, 0.4) is 0 Å². The molecule has 1 aromatic carbocycles. The number of aliphatic hydroxyl groups is 1. The van der Waals surface area contributed by atoms with Gasteiger partial charge in [0.1, 0.15) is 0 Å². The van der Waals surface area contributed by atoms with Crippen molar-refractivity contribution in [1.29, 1.82) is 0 Å². The highest BCUT2D eigenvalue weighted by atomic mass is 79.9. The summed E-state index contributed by atoms with van der Waals surface area (Å²) in [6, 6.07) is 8.16. The number of rotatable bonds is 2. The fourth-order valence-corrected chi connectivity index (χ4v) is 2.58. The summed E-state index contributed by atoms with van der Waals surface area (Å²) in [6.07, 6.45) is 2.69. The monoisotopic (exact) mass is 269 g/mol. The zero-order valence-electron chi connectivity index (χ0n) is 8.67. The highest BCUT2D eigenvalue weighted by Crippen LogP contribution is 2.22. The number of benzene rings is 1. The van der Waals surface area contributed by atoms with E-state index in [2.05, 4.69) is 33.4 Å². The SMILES string of the molecule is OC1(Cc2cccc(Br)c2)CCCNC1. The third-order valence-corrected chi connectivity index (χ3v) is 3.37. The molecule has 0 aliphatic carbocycles. The molecule has 2 rings (SSSR count). The molecular weight excluding hydrogens is 254 g/mol. The largest absolute Gasteiger partial charge is 0.388 e. The molecule has 1 unspecified atom stereocenters. The van der Waals surface area contributed by atoms with E-state index >= 15 is 0 Å². The van der Waals surface area contributed by atoms with Crippen molar-refractivity contribution in [2.75, 3.05) is 13.1 Å². The standard InChI is InChI=1S/C12H16BrNO/c13-11-4-1-3-10(7-11)8-12(15)5-2-6-14-9-12/h1,3-4,7,14-15H,2,5-6,8-9H2. The molecule has 82 valence electrons. The van der Waals surface area contributed by atoms with Gasteiger partial charge in [0, 0.05) is 17.4 Å². The van der Waals surface area contributed by atoms with Crippen molar-refractivity contribution in [3.8, 4) is 0 Å². The van der Waals surface area contributed by atoms with Gasteiger partial charge in [-0.15, -0.1) is 0 Å². The van der Waals surface area contributed by atoms with Crippen LogP contribution >= 0.6 is 15.9 Å². The van der Waals surface area contributed by atoms with Crippen LogP contribution in [0.15, 0.2) is 28.7 Å². The minimum Gasteiger partial charge on any atom is -0.388 e. The van der Waals surface area contributed by atoms with Gasteiger partial charge < -0.3 is 10.4 Å². The van der Waals surface area contributed by atoms with Gasteiger partial charge in [0.05, 0.1) is 5.60 Å².